The summed E-state index contributed by atoms with van der Waals surface area (Å²) in [6.45, 7) is 5.94. The smallest absolute Gasteiger partial charge is 0.0960 e. The predicted molar refractivity (Wildman–Crippen MR) is 65.1 cm³/mol. The van der Waals surface area contributed by atoms with E-state index in [-0.39, 0.29) is 12.1 Å². The van der Waals surface area contributed by atoms with Crippen LogP contribution >= 0.6 is 0 Å². The van der Waals surface area contributed by atoms with Crippen LogP contribution in [0.1, 0.15) is 31.9 Å². The maximum absolute atomic E-state index is 12.9. The van der Waals surface area contributed by atoms with Gasteiger partial charge in [0.2, 0.25) is 0 Å². The molecule has 0 aliphatic carbocycles. The molecule has 1 fully saturated rings. The topological polar surface area (TPSA) is 3.24 Å². The SMILES string of the molecule is C[C@@H](c1ccccc1)N1CCC(C)(CF)C1. The monoisotopic (exact) mass is 221 g/mol. The Balaban J connectivity index is 2.05. The number of halogens is 1. The zero-order chi connectivity index (χ0) is 11.6. The molecule has 2 rings (SSSR count). The highest BCUT2D eigenvalue weighted by Gasteiger charge is 2.35. The lowest BCUT2D eigenvalue weighted by Crippen LogP contribution is -2.28. The van der Waals surface area contributed by atoms with Gasteiger partial charge in [0.05, 0.1) is 6.67 Å². The van der Waals surface area contributed by atoms with Gasteiger partial charge in [0.15, 0.2) is 0 Å². The molecule has 88 valence electrons. The predicted octanol–water partition coefficient (Wildman–Crippen LogP) is 3.43. The summed E-state index contributed by atoms with van der Waals surface area (Å²) in [6, 6.07) is 10.9. The number of likely N-dealkylation sites (tertiary alicyclic amines) is 1. The van der Waals surface area contributed by atoms with E-state index in [1.165, 1.54) is 5.56 Å². The van der Waals surface area contributed by atoms with Crippen LogP contribution in [0.4, 0.5) is 4.39 Å². The number of rotatable bonds is 3. The molecule has 0 radical (unpaired) electrons. The first kappa shape index (κ1) is 11.6. The van der Waals surface area contributed by atoms with Crippen LogP contribution in [-0.2, 0) is 0 Å². The molecule has 2 atom stereocenters. The van der Waals surface area contributed by atoms with Crippen molar-refractivity contribution in [3.8, 4) is 0 Å². The van der Waals surface area contributed by atoms with Crippen molar-refractivity contribution in [3.63, 3.8) is 0 Å². The second-order valence-electron chi connectivity index (χ2n) is 5.25. The molecule has 1 heterocycles. The quantitative estimate of drug-likeness (QED) is 0.756. The van der Waals surface area contributed by atoms with E-state index in [0.717, 1.165) is 19.5 Å². The van der Waals surface area contributed by atoms with Gasteiger partial charge in [-0.1, -0.05) is 37.3 Å². The van der Waals surface area contributed by atoms with Crippen molar-refractivity contribution >= 4 is 0 Å². The Morgan fingerprint density at radius 2 is 2.06 bits per heavy atom. The number of nitrogens with zero attached hydrogens (tertiary/aromatic N) is 1. The van der Waals surface area contributed by atoms with Gasteiger partial charge in [-0.15, -0.1) is 0 Å². The fraction of sp³-hybridized carbons (Fsp3) is 0.571. The van der Waals surface area contributed by atoms with E-state index in [1.807, 2.05) is 13.0 Å². The molecular weight excluding hydrogens is 201 g/mol. The molecule has 0 amide bonds. The van der Waals surface area contributed by atoms with Crippen LogP contribution in [0.2, 0.25) is 0 Å². The molecule has 2 heteroatoms. The number of benzene rings is 1. The second kappa shape index (κ2) is 4.54. The van der Waals surface area contributed by atoms with E-state index in [0.29, 0.717) is 6.04 Å². The number of hydrogen-bond donors (Lipinski definition) is 0. The molecule has 1 saturated heterocycles. The van der Waals surface area contributed by atoms with E-state index in [2.05, 4.69) is 36.1 Å². The van der Waals surface area contributed by atoms with E-state index in [9.17, 15) is 4.39 Å². The van der Waals surface area contributed by atoms with E-state index < -0.39 is 0 Å². The maximum Gasteiger partial charge on any atom is 0.0960 e. The zero-order valence-electron chi connectivity index (χ0n) is 10.1. The third kappa shape index (κ3) is 2.27. The van der Waals surface area contributed by atoms with Gasteiger partial charge in [0.1, 0.15) is 0 Å². The van der Waals surface area contributed by atoms with Crippen molar-refractivity contribution in [1.29, 1.82) is 0 Å². The Morgan fingerprint density at radius 3 is 2.62 bits per heavy atom. The fourth-order valence-corrected chi connectivity index (χ4v) is 2.44. The number of hydrogen-bond acceptors (Lipinski definition) is 1. The van der Waals surface area contributed by atoms with Crippen LogP contribution in [0, 0.1) is 5.41 Å². The molecule has 0 aromatic heterocycles. The maximum atomic E-state index is 12.9. The summed E-state index contributed by atoms with van der Waals surface area (Å²) in [7, 11) is 0. The zero-order valence-corrected chi connectivity index (χ0v) is 10.1. The number of alkyl halides is 1. The van der Waals surface area contributed by atoms with Crippen molar-refractivity contribution in [2.75, 3.05) is 19.8 Å². The highest BCUT2D eigenvalue weighted by molar-refractivity contribution is 5.18. The second-order valence-corrected chi connectivity index (χ2v) is 5.25. The molecule has 1 nitrogen and oxygen atoms in total. The lowest BCUT2D eigenvalue weighted by molar-refractivity contribution is 0.194. The van der Waals surface area contributed by atoms with Crippen LogP contribution in [0.3, 0.4) is 0 Å². The Morgan fingerprint density at radius 1 is 1.38 bits per heavy atom. The summed E-state index contributed by atoms with van der Waals surface area (Å²) in [4.78, 5) is 2.38. The molecule has 0 bridgehead atoms. The average Bonchev–Trinajstić information content (AvgIpc) is 2.73. The van der Waals surface area contributed by atoms with Gasteiger partial charge in [0.25, 0.3) is 0 Å². The minimum absolute atomic E-state index is 0.122. The summed E-state index contributed by atoms with van der Waals surface area (Å²) in [5.74, 6) is 0. The summed E-state index contributed by atoms with van der Waals surface area (Å²) in [5, 5.41) is 0. The van der Waals surface area contributed by atoms with Crippen molar-refractivity contribution in [1.82, 2.24) is 4.90 Å². The lowest BCUT2D eigenvalue weighted by Gasteiger charge is -2.26. The van der Waals surface area contributed by atoms with Crippen molar-refractivity contribution in [2.45, 2.75) is 26.3 Å². The van der Waals surface area contributed by atoms with Gasteiger partial charge >= 0.3 is 0 Å². The molecule has 1 aromatic rings. The Hall–Kier alpha value is -0.890. The lowest BCUT2D eigenvalue weighted by atomic mass is 9.92. The first-order valence-electron chi connectivity index (χ1n) is 6.00. The fourth-order valence-electron chi connectivity index (χ4n) is 2.44. The molecule has 0 saturated carbocycles. The third-order valence-electron chi connectivity index (χ3n) is 3.74. The van der Waals surface area contributed by atoms with E-state index >= 15 is 0 Å². The molecule has 1 unspecified atom stereocenters. The summed E-state index contributed by atoms with van der Waals surface area (Å²) < 4.78 is 12.9. The van der Waals surface area contributed by atoms with Crippen LogP contribution in [-0.4, -0.2) is 24.7 Å². The van der Waals surface area contributed by atoms with E-state index in [4.69, 9.17) is 0 Å². The van der Waals surface area contributed by atoms with Gasteiger partial charge in [-0.25, -0.2) is 0 Å². The minimum Gasteiger partial charge on any atom is -0.296 e. The Labute approximate surface area is 97.3 Å². The van der Waals surface area contributed by atoms with Crippen molar-refractivity contribution in [2.24, 2.45) is 5.41 Å². The standard InChI is InChI=1S/C14H20FN/c1-12(13-6-4-3-5-7-13)16-9-8-14(2,10-15)11-16/h3-7,12H,8-11H2,1-2H3/t12-,14?/m0/s1. The highest BCUT2D eigenvalue weighted by Crippen LogP contribution is 2.35. The first-order valence-corrected chi connectivity index (χ1v) is 6.00. The molecule has 1 aliphatic rings. The summed E-state index contributed by atoms with van der Waals surface area (Å²) in [6.07, 6.45) is 0.973. The average molecular weight is 221 g/mol. The molecule has 1 aliphatic heterocycles. The molecule has 0 N–H and O–H groups in total. The van der Waals surface area contributed by atoms with Crippen molar-refractivity contribution in [3.05, 3.63) is 35.9 Å². The first-order chi connectivity index (χ1) is 7.64. The van der Waals surface area contributed by atoms with E-state index in [1.54, 1.807) is 0 Å². The highest BCUT2D eigenvalue weighted by atomic mass is 19.1. The molecule has 16 heavy (non-hydrogen) atoms. The van der Waals surface area contributed by atoms with Crippen LogP contribution in [0.25, 0.3) is 0 Å². The largest absolute Gasteiger partial charge is 0.296 e. The minimum atomic E-state index is -0.203. The summed E-state index contributed by atoms with van der Waals surface area (Å²) in [5.41, 5.74) is 1.20. The Bertz CT molecular complexity index is 338. The van der Waals surface area contributed by atoms with Gasteiger partial charge in [-0.05, 0) is 25.5 Å². The van der Waals surface area contributed by atoms with Gasteiger partial charge < -0.3 is 0 Å². The summed E-state index contributed by atoms with van der Waals surface area (Å²) >= 11 is 0. The van der Waals surface area contributed by atoms with Crippen LogP contribution in [0.15, 0.2) is 30.3 Å². The van der Waals surface area contributed by atoms with Gasteiger partial charge in [-0.3, -0.25) is 9.29 Å². The Kier molecular flexibility index (Phi) is 3.29. The molecule has 1 aromatic carbocycles. The van der Waals surface area contributed by atoms with Gasteiger partial charge in [-0.2, -0.15) is 0 Å². The molecule has 0 spiro atoms. The molecular formula is C14H20FN. The van der Waals surface area contributed by atoms with Gasteiger partial charge in [0, 0.05) is 18.0 Å². The van der Waals surface area contributed by atoms with Crippen molar-refractivity contribution < 1.29 is 4.39 Å². The normalized spacial score (nSPS) is 28.2. The van der Waals surface area contributed by atoms with Crippen LogP contribution < -0.4 is 0 Å². The van der Waals surface area contributed by atoms with Crippen LogP contribution in [0.5, 0.6) is 0 Å². The third-order valence-corrected chi connectivity index (χ3v) is 3.74.